The van der Waals surface area contributed by atoms with Gasteiger partial charge in [0.2, 0.25) is 11.8 Å². The van der Waals surface area contributed by atoms with Crippen molar-refractivity contribution in [3.8, 4) is 0 Å². The largest absolute Gasteiger partial charge is 0.353 e. The topological polar surface area (TPSA) is 61.4 Å². The fourth-order valence-corrected chi connectivity index (χ4v) is 3.56. The minimum atomic E-state index is -0.00774. The van der Waals surface area contributed by atoms with Gasteiger partial charge in [0.15, 0.2) is 0 Å². The Balaban J connectivity index is 1.50. The molecule has 3 aliphatic rings. The summed E-state index contributed by atoms with van der Waals surface area (Å²) in [4.78, 5) is 26.5. The Morgan fingerprint density at radius 2 is 1.95 bits per heavy atom. The average molecular weight is 293 g/mol. The molecule has 3 atom stereocenters. The van der Waals surface area contributed by atoms with Crippen LogP contribution < -0.4 is 10.6 Å². The molecule has 5 heteroatoms. The first-order valence-corrected chi connectivity index (χ1v) is 8.46. The number of nitrogens with one attached hydrogen (secondary N) is 2. The van der Waals surface area contributed by atoms with Gasteiger partial charge in [-0.05, 0) is 52.0 Å². The highest BCUT2D eigenvalue weighted by Crippen LogP contribution is 2.32. The van der Waals surface area contributed by atoms with Gasteiger partial charge in [0.25, 0.3) is 0 Å². The minimum Gasteiger partial charge on any atom is -0.353 e. The van der Waals surface area contributed by atoms with Gasteiger partial charge in [-0.15, -0.1) is 0 Å². The van der Waals surface area contributed by atoms with Crippen LogP contribution in [0.15, 0.2) is 0 Å². The number of carbonyl (C=O) groups excluding carboxylic acids is 2. The van der Waals surface area contributed by atoms with E-state index in [2.05, 4.69) is 17.6 Å². The highest BCUT2D eigenvalue weighted by molar-refractivity contribution is 5.83. The van der Waals surface area contributed by atoms with Crippen molar-refractivity contribution >= 4 is 11.8 Å². The number of hydrogen-bond acceptors (Lipinski definition) is 3. The number of likely N-dealkylation sites (tertiary alicyclic amines) is 1. The van der Waals surface area contributed by atoms with Gasteiger partial charge in [-0.1, -0.05) is 0 Å². The van der Waals surface area contributed by atoms with Crippen LogP contribution in [0, 0.1) is 11.8 Å². The summed E-state index contributed by atoms with van der Waals surface area (Å²) >= 11 is 0. The molecule has 0 aromatic carbocycles. The molecule has 3 fully saturated rings. The van der Waals surface area contributed by atoms with Crippen LogP contribution >= 0.6 is 0 Å². The minimum absolute atomic E-state index is 0.00774. The van der Waals surface area contributed by atoms with E-state index in [9.17, 15) is 9.59 Å². The molecule has 118 valence electrons. The van der Waals surface area contributed by atoms with Gasteiger partial charge in [-0.2, -0.15) is 0 Å². The molecule has 0 radical (unpaired) electrons. The number of piperidine rings is 2. The van der Waals surface area contributed by atoms with E-state index < -0.39 is 0 Å². The third kappa shape index (κ3) is 3.76. The predicted molar refractivity (Wildman–Crippen MR) is 80.7 cm³/mol. The molecule has 0 aromatic heterocycles. The summed E-state index contributed by atoms with van der Waals surface area (Å²) in [7, 11) is 0. The van der Waals surface area contributed by atoms with Crippen LogP contribution in [0.2, 0.25) is 0 Å². The van der Waals surface area contributed by atoms with E-state index in [4.69, 9.17) is 0 Å². The van der Waals surface area contributed by atoms with Crippen LogP contribution in [0.4, 0.5) is 0 Å². The zero-order chi connectivity index (χ0) is 14.8. The molecule has 3 unspecified atom stereocenters. The zero-order valence-corrected chi connectivity index (χ0v) is 12.9. The van der Waals surface area contributed by atoms with Crippen molar-refractivity contribution in [2.75, 3.05) is 19.6 Å². The molecular formula is C16H27N3O2. The molecule has 0 aromatic rings. The quantitative estimate of drug-likeness (QED) is 0.812. The maximum Gasteiger partial charge on any atom is 0.225 e. The van der Waals surface area contributed by atoms with Crippen molar-refractivity contribution in [1.82, 2.24) is 15.5 Å². The van der Waals surface area contributed by atoms with Gasteiger partial charge in [0, 0.05) is 31.1 Å². The van der Waals surface area contributed by atoms with Crippen molar-refractivity contribution in [3.63, 3.8) is 0 Å². The van der Waals surface area contributed by atoms with Gasteiger partial charge in [0.05, 0.1) is 5.92 Å². The van der Waals surface area contributed by atoms with E-state index in [0.29, 0.717) is 18.6 Å². The second kappa shape index (κ2) is 6.34. The van der Waals surface area contributed by atoms with Crippen LogP contribution in [-0.2, 0) is 9.59 Å². The third-order valence-corrected chi connectivity index (χ3v) is 5.00. The number of amides is 2. The van der Waals surface area contributed by atoms with E-state index in [1.165, 1.54) is 0 Å². The molecule has 5 nitrogen and oxygen atoms in total. The molecule has 3 rings (SSSR count). The lowest BCUT2D eigenvalue weighted by Crippen LogP contribution is -2.51. The van der Waals surface area contributed by atoms with Gasteiger partial charge in [-0.25, -0.2) is 0 Å². The summed E-state index contributed by atoms with van der Waals surface area (Å²) in [6.07, 6.45) is 5.97. The monoisotopic (exact) mass is 293 g/mol. The Morgan fingerprint density at radius 1 is 1.14 bits per heavy atom. The molecule has 21 heavy (non-hydrogen) atoms. The smallest absolute Gasteiger partial charge is 0.225 e. The molecule has 2 heterocycles. The van der Waals surface area contributed by atoms with Gasteiger partial charge >= 0.3 is 0 Å². The van der Waals surface area contributed by atoms with Crippen molar-refractivity contribution in [2.24, 2.45) is 11.8 Å². The van der Waals surface area contributed by atoms with Gasteiger partial charge in [-0.3, -0.25) is 9.59 Å². The third-order valence-electron chi connectivity index (χ3n) is 5.00. The molecular weight excluding hydrogens is 266 g/mol. The Morgan fingerprint density at radius 3 is 2.67 bits per heavy atom. The van der Waals surface area contributed by atoms with Crippen molar-refractivity contribution in [1.29, 1.82) is 0 Å². The number of hydrogen-bond donors (Lipinski definition) is 2. The average Bonchev–Trinajstić information content (AvgIpc) is 3.31. The van der Waals surface area contributed by atoms with E-state index in [-0.39, 0.29) is 23.7 Å². The number of carbonyl (C=O) groups is 2. The normalized spacial score (nSPS) is 33.6. The van der Waals surface area contributed by atoms with Crippen LogP contribution in [-0.4, -0.2) is 48.4 Å². The summed E-state index contributed by atoms with van der Waals surface area (Å²) in [5, 5.41) is 6.61. The Bertz CT molecular complexity index is 408. The van der Waals surface area contributed by atoms with Crippen LogP contribution in [0.25, 0.3) is 0 Å². The molecule has 0 spiro atoms. The molecule has 2 N–H and O–H groups in total. The molecule has 1 saturated carbocycles. The lowest BCUT2D eigenvalue weighted by Gasteiger charge is -2.34. The van der Waals surface area contributed by atoms with Gasteiger partial charge < -0.3 is 15.5 Å². The Labute approximate surface area is 126 Å². The van der Waals surface area contributed by atoms with E-state index in [0.717, 1.165) is 51.6 Å². The summed E-state index contributed by atoms with van der Waals surface area (Å²) in [6, 6.07) is 0.770. The van der Waals surface area contributed by atoms with Crippen LogP contribution in [0.5, 0.6) is 0 Å². The summed E-state index contributed by atoms with van der Waals surface area (Å²) in [6.45, 7) is 4.60. The molecule has 2 saturated heterocycles. The lowest BCUT2D eigenvalue weighted by molar-refractivity contribution is -0.137. The van der Waals surface area contributed by atoms with Gasteiger partial charge in [0.1, 0.15) is 0 Å². The summed E-state index contributed by atoms with van der Waals surface area (Å²) in [5.41, 5.74) is 0. The second-order valence-corrected chi connectivity index (χ2v) is 6.98. The predicted octanol–water partition coefficient (Wildman–Crippen LogP) is 0.892. The highest BCUT2D eigenvalue weighted by atomic mass is 16.2. The SMILES string of the molecule is CC1CC(NC(=O)C2CCCN(C(=O)C3CC3)C2)CCN1. The number of nitrogens with zero attached hydrogens (tertiary/aromatic N) is 1. The zero-order valence-electron chi connectivity index (χ0n) is 12.9. The van der Waals surface area contributed by atoms with Crippen molar-refractivity contribution in [3.05, 3.63) is 0 Å². The first-order valence-electron chi connectivity index (χ1n) is 8.46. The Kier molecular flexibility index (Phi) is 4.48. The fraction of sp³-hybridized carbons (Fsp3) is 0.875. The molecule has 1 aliphatic carbocycles. The molecule has 2 amide bonds. The molecule has 0 bridgehead atoms. The lowest BCUT2D eigenvalue weighted by atomic mass is 9.94. The fourth-order valence-electron chi connectivity index (χ4n) is 3.56. The van der Waals surface area contributed by atoms with E-state index in [1.807, 2.05) is 4.90 Å². The Hall–Kier alpha value is -1.10. The summed E-state index contributed by atoms with van der Waals surface area (Å²) < 4.78 is 0. The molecule has 2 aliphatic heterocycles. The van der Waals surface area contributed by atoms with Crippen molar-refractivity contribution in [2.45, 2.75) is 57.5 Å². The van der Waals surface area contributed by atoms with Crippen molar-refractivity contribution < 1.29 is 9.59 Å². The standard InChI is InChI=1S/C16H27N3O2/c1-11-9-14(6-7-17-11)18-15(20)13-3-2-8-19(10-13)16(21)12-4-5-12/h11-14,17H,2-10H2,1H3,(H,18,20). The van der Waals surface area contributed by atoms with Crippen LogP contribution in [0.3, 0.4) is 0 Å². The van der Waals surface area contributed by atoms with Crippen LogP contribution in [0.1, 0.15) is 45.4 Å². The second-order valence-electron chi connectivity index (χ2n) is 6.98. The number of rotatable bonds is 3. The van der Waals surface area contributed by atoms with E-state index in [1.54, 1.807) is 0 Å². The maximum atomic E-state index is 12.5. The first-order chi connectivity index (χ1) is 10.1. The summed E-state index contributed by atoms with van der Waals surface area (Å²) in [5.74, 6) is 0.689. The highest BCUT2D eigenvalue weighted by Gasteiger charge is 2.37. The maximum absolute atomic E-state index is 12.5. The van der Waals surface area contributed by atoms with E-state index >= 15 is 0 Å². The first kappa shape index (κ1) is 14.8.